The van der Waals surface area contributed by atoms with Crippen molar-refractivity contribution in [3.8, 4) is 0 Å². The molecule has 158 valence electrons. The van der Waals surface area contributed by atoms with Crippen LogP contribution in [-0.2, 0) is 31.3 Å². The molecule has 1 N–H and O–H groups in total. The molecule has 1 aromatic carbocycles. The zero-order chi connectivity index (χ0) is 20.5. The van der Waals surface area contributed by atoms with Gasteiger partial charge >= 0.3 is 0 Å². The van der Waals surface area contributed by atoms with Crippen LogP contribution >= 0.6 is 11.3 Å². The Bertz CT molecular complexity index is 1020. The van der Waals surface area contributed by atoms with Crippen LogP contribution in [0.3, 0.4) is 0 Å². The van der Waals surface area contributed by atoms with Crippen molar-refractivity contribution in [1.82, 2.24) is 9.03 Å². The van der Waals surface area contributed by atoms with Crippen LogP contribution in [0.5, 0.6) is 0 Å². The zero-order valence-corrected chi connectivity index (χ0v) is 18.3. The summed E-state index contributed by atoms with van der Waals surface area (Å²) < 4.78 is 60.8. The van der Waals surface area contributed by atoms with Gasteiger partial charge in [0.1, 0.15) is 0 Å². The lowest BCUT2D eigenvalue weighted by molar-refractivity contribution is 0.114. The molecule has 1 saturated heterocycles. The van der Waals surface area contributed by atoms with Crippen LogP contribution < -0.4 is 4.72 Å². The molecule has 1 atom stereocenters. The minimum atomic E-state index is -3.71. The van der Waals surface area contributed by atoms with Gasteiger partial charge in [0.15, 0.2) is 0 Å². The molecular formula is C19H24N2O5S3. The molecule has 1 saturated carbocycles. The highest BCUT2D eigenvalue weighted by atomic mass is 32.2. The maximum Gasteiger partial charge on any atom is 0.243 e. The predicted molar refractivity (Wildman–Crippen MR) is 111 cm³/mol. The number of benzene rings is 1. The first-order valence-electron chi connectivity index (χ1n) is 9.62. The summed E-state index contributed by atoms with van der Waals surface area (Å²) in [6.45, 7) is 1.22. The summed E-state index contributed by atoms with van der Waals surface area (Å²) in [5.41, 5.74) is 0. The van der Waals surface area contributed by atoms with E-state index in [0.29, 0.717) is 13.2 Å². The number of nitrogens with one attached hydrogen (secondary N) is 1. The van der Waals surface area contributed by atoms with Crippen LogP contribution in [-0.4, -0.2) is 46.4 Å². The lowest BCUT2D eigenvalue weighted by Crippen LogP contribution is -2.33. The summed E-state index contributed by atoms with van der Waals surface area (Å²) in [5, 5.41) is 1.93. The van der Waals surface area contributed by atoms with Gasteiger partial charge in [-0.2, -0.15) is 4.31 Å². The molecule has 1 unspecified atom stereocenters. The van der Waals surface area contributed by atoms with Gasteiger partial charge in [0.25, 0.3) is 0 Å². The third-order valence-electron chi connectivity index (χ3n) is 5.11. The van der Waals surface area contributed by atoms with Crippen LogP contribution in [0.15, 0.2) is 51.6 Å². The average Bonchev–Trinajstić information content (AvgIpc) is 3.18. The fourth-order valence-electron chi connectivity index (χ4n) is 3.35. The maximum absolute atomic E-state index is 13.1. The van der Waals surface area contributed by atoms with E-state index in [1.54, 1.807) is 0 Å². The summed E-state index contributed by atoms with van der Waals surface area (Å²) >= 11 is 1.53. The summed E-state index contributed by atoms with van der Waals surface area (Å²) in [5.74, 6) is 0. The Labute approximate surface area is 175 Å². The average molecular weight is 457 g/mol. The number of hydrogen-bond acceptors (Lipinski definition) is 6. The van der Waals surface area contributed by atoms with Crippen molar-refractivity contribution in [3.05, 3.63) is 46.7 Å². The molecule has 1 aliphatic heterocycles. The second-order valence-corrected chi connectivity index (χ2v) is 12.0. The summed E-state index contributed by atoms with van der Waals surface area (Å²) in [4.78, 5) is 1.14. The summed E-state index contributed by atoms with van der Waals surface area (Å²) in [6, 6.07) is 9.28. The van der Waals surface area contributed by atoms with E-state index >= 15 is 0 Å². The van der Waals surface area contributed by atoms with Crippen LogP contribution in [0.25, 0.3) is 0 Å². The SMILES string of the molecule is O=S(=O)(NCC1CCCO1)c1ccc(S(=O)(=O)N(Cc2cccs2)C2CC2)cc1. The second-order valence-electron chi connectivity index (χ2n) is 7.32. The fraction of sp³-hybridized carbons (Fsp3) is 0.474. The molecule has 1 aromatic heterocycles. The van der Waals surface area contributed by atoms with Gasteiger partial charge in [0.05, 0.1) is 15.9 Å². The molecule has 2 aromatic rings. The Kier molecular flexibility index (Phi) is 6.10. The van der Waals surface area contributed by atoms with Gasteiger partial charge < -0.3 is 4.74 Å². The molecule has 1 aliphatic carbocycles. The Balaban J connectivity index is 1.49. The Morgan fingerprint density at radius 3 is 2.34 bits per heavy atom. The third-order valence-corrected chi connectivity index (χ3v) is 9.32. The van der Waals surface area contributed by atoms with Gasteiger partial charge in [-0.05, 0) is 61.4 Å². The Hall–Kier alpha value is -1.30. The molecule has 2 heterocycles. The van der Waals surface area contributed by atoms with Crippen LogP contribution in [0.4, 0.5) is 0 Å². The Morgan fingerprint density at radius 2 is 1.76 bits per heavy atom. The van der Waals surface area contributed by atoms with Gasteiger partial charge in [-0.15, -0.1) is 11.3 Å². The van der Waals surface area contributed by atoms with E-state index in [4.69, 9.17) is 4.74 Å². The lowest BCUT2D eigenvalue weighted by Gasteiger charge is -2.21. The number of ether oxygens (including phenoxy) is 1. The summed E-state index contributed by atoms with van der Waals surface area (Å²) in [7, 11) is -7.41. The molecule has 2 fully saturated rings. The normalized spacial score (nSPS) is 20.4. The number of nitrogens with zero attached hydrogens (tertiary/aromatic N) is 1. The van der Waals surface area contributed by atoms with Crippen LogP contribution in [0.2, 0.25) is 0 Å². The van der Waals surface area contributed by atoms with Crippen molar-refractivity contribution in [2.75, 3.05) is 13.2 Å². The molecular weight excluding hydrogens is 432 g/mol. The number of thiophene rings is 1. The molecule has 0 radical (unpaired) electrons. The highest BCUT2D eigenvalue weighted by molar-refractivity contribution is 7.89. The molecule has 2 aliphatic rings. The monoisotopic (exact) mass is 456 g/mol. The first-order chi connectivity index (χ1) is 13.9. The highest BCUT2D eigenvalue weighted by Gasteiger charge is 2.38. The van der Waals surface area contributed by atoms with E-state index in [1.165, 1.54) is 39.9 Å². The first-order valence-corrected chi connectivity index (χ1v) is 13.4. The van der Waals surface area contributed by atoms with E-state index in [9.17, 15) is 16.8 Å². The van der Waals surface area contributed by atoms with E-state index in [0.717, 1.165) is 30.6 Å². The molecule has 29 heavy (non-hydrogen) atoms. The largest absolute Gasteiger partial charge is 0.377 e. The fourth-order valence-corrected chi connectivity index (χ4v) is 6.86. The molecule has 0 amide bonds. The second kappa shape index (κ2) is 8.44. The van der Waals surface area contributed by atoms with Gasteiger partial charge in [-0.1, -0.05) is 6.07 Å². The van der Waals surface area contributed by atoms with Crippen molar-refractivity contribution in [3.63, 3.8) is 0 Å². The molecule has 10 heteroatoms. The van der Waals surface area contributed by atoms with E-state index in [1.807, 2.05) is 17.5 Å². The molecule has 7 nitrogen and oxygen atoms in total. The number of hydrogen-bond donors (Lipinski definition) is 1. The van der Waals surface area contributed by atoms with Crippen LogP contribution in [0.1, 0.15) is 30.6 Å². The predicted octanol–water partition coefficient (Wildman–Crippen LogP) is 2.56. The van der Waals surface area contributed by atoms with Gasteiger partial charge in [-0.3, -0.25) is 0 Å². The van der Waals surface area contributed by atoms with E-state index in [2.05, 4.69) is 4.72 Å². The van der Waals surface area contributed by atoms with Crippen molar-refractivity contribution in [2.24, 2.45) is 0 Å². The lowest BCUT2D eigenvalue weighted by atomic mass is 10.2. The zero-order valence-electron chi connectivity index (χ0n) is 15.9. The summed E-state index contributed by atoms with van der Waals surface area (Å²) in [6.07, 6.45) is 3.37. The highest BCUT2D eigenvalue weighted by Crippen LogP contribution is 2.34. The van der Waals surface area contributed by atoms with Crippen molar-refractivity contribution >= 4 is 31.4 Å². The van der Waals surface area contributed by atoms with Gasteiger partial charge in [0.2, 0.25) is 20.0 Å². The van der Waals surface area contributed by atoms with Gasteiger partial charge in [0, 0.05) is 30.6 Å². The van der Waals surface area contributed by atoms with Crippen molar-refractivity contribution in [2.45, 2.75) is 54.2 Å². The number of rotatable bonds is 9. The topological polar surface area (TPSA) is 92.8 Å². The minimum Gasteiger partial charge on any atom is -0.377 e. The standard InChI is InChI=1S/C19H24N2O5S3/c22-28(23,20-13-16-3-1-11-26-16)18-7-9-19(10-8-18)29(24,25)21(15-5-6-15)14-17-4-2-12-27-17/h2,4,7-10,12,15-16,20H,1,3,5-6,11,13-14H2. The Morgan fingerprint density at radius 1 is 1.03 bits per heavy atom. The minimum absolute atomic E-state index is 0.0126. The van der Waals surface area contributed by atoms with Gasteiger partial charge in [-0.25, -0.2) is 21.6 Å². The molecule has 0 spiro atoms. The molecule has 0 bridgehead atoms. The van der Waals surface area contributed by atoms with Crippen LogP contribution in [0, 0.1) is 0 Å². The van der Waals surface area contributed by atoms with E-state index in [-0.39, 0.29) is 28.5 Å². The first kappa shape index (κ1) is 21.0. The molecule has 4 rings (SSSR count). The number of sulfonamides is 2. The van der Waals surface area contributed by atoms with E-state index < -0.39 is 20.0 Å². The van der Waals surface area contributed by atoms with Crippen molar-refractivity contribution < 1.29 is 21.6 Å². The third kappa shape index (κ3) is 4.89. The smallest absolute Gasteiger partial charge is 0.243 e. The quantitative estimate of drug-likeness (QED) is 0.626. The van der Waals surface area contributed by atoms with Crippen molar-refractivity contribution in [1.29, 1.82) is 0 Å². The maximum atomic E-state index is 13.1.